The van der Waals surface area contributed by atoms with Crippen LogP contribution in [0.1, 0.15) is 36.1 Å². The number of pyridine rings is 1. The largest absolute Gasteiger partial charge is 0.503 e. The molecule has 1 aromatic heterocycles. The number of amides is 1. The van der Waals surface area contributed by atoms with E-state index in [9.17, 15) is 14.7 Å². The molecule has 0 radical (unpaired) electrons. The van der Waals surface area contributed by atoms with Crippen LogP contribution in [0.25, 0.3) is 0 Å². The van der Waals surface area contributed by atoms with Gasteiger partial charge in [-0.15, -0.1) is 0 Å². The summed E-state index contributed by atoms with van der Waals surface area (Å²) in [6.07, 6.45) is 3.57. The summed E-state index contributed by atoms with van der Waals surface area (Å²) in [7, 11) is 0. The highest BCUT2D eigenvalue weighted by Crippen LogP contribution is 2.39. The lowest BCUT2D eigenvalue weighted by Crippen LogP contribution is -2.30. The topological polar surface area (TPSA) is 70.5 Å². The zero-order valence-electron chi connectivity index (χ0n) is 14.3. The van der Waals surface area contributed by atoms with E-state index in [1.165, 1.54) is 4.90 Å². The third kappa shape index (κ3) is 3.18. The SMILES string of the molecule is CCC(=O)C1=C(O)C(=O)N(Cc2cccnc2)C1c1cccc(C)c1. The van der Waals surface area contributed by atoms with E-state index in [1.807, 2.05) is 37.3 Å². The maximum Gasteiger partial charge on any atom is 0.290 e. The van der Waals surface area contributed by atoms with Crippen molar-refractivity contribution in [2.45, 2.75) is 32.9 Å². The summed E-state index contributed by atoms with van der Waals surface area (Å²) < 4.78 is 0. The molecule has 0 fully saturated rings. The second-order valence-electron chi connectivity index (χ2n) is 6.15. The van der Waals surface area contributed by atoms with Gasteiger partial charge in [-0.05, 0) is 24.1 Å². The van der Waals surface area contributed by atoms with Gasteiger partial charge in [0.2, 0.25) is 0 Å². The molecule has 0 saturated heterocycles. The molecule has 0 spiro atoms. The van der Waals surface area contributed by atoms with E-state index in [-0.39, 0.29) is 24.3 Å². The van der Waals surface area contributed by atoms with Crippen LogP contribution in [0, 0.1) is 6.92 Å². The van der Waals surface area contributed by atoms with Gasteiger partial charge in [0.25, 0.3) is 5.91 Å². The predicted molar refractivity (Wildman–Crippen MR) is 93.7 cm³/mol. The van der Waals surface area contributed by atoms with Gasteiger partial charge in [0, 0.05) is 25.4 Å². The van der Waals surface area contributed by atoms with Gasteiger partial charge in [-0.1, -0.05) is 42.8 Å². The molecule has 25 heavy (non-hydrogen) atoms. The number of hydrogen-bond acceptors (Lipinski definition) is 4. The molecule has 128 valence electrons. The highest BCUT2D eigenvalue weighted by molar-refractivity contribution is 6.08. The second-order valence-corrected chi connectivity index (χ2v) is 6.15. The van der Waals surface area contributed by atoms with Crippen molar-refractivity contribution in [2.24, 2.45) is 0 Å². The van der Waals surface area contributed by atoms with Crippen LogP contribution in [-0.2, 0) is 16.1 Å². The number of aromatic nitrogens is 1. The van der Waals surface area contributed by atoms with Gasteiger partial charge in [-0.3, -0.25) is 14.6 Å². The minimum atomic E-state index is -0.583. The normalized spacial score (nSPS) is 17.3. The quantitative estimate of drug-likeness (QED) is 0.910. The number of aryl methyl sites for hydroxylation is 1. The number of rotatable bonds is 5. The number of aliphatic hydroxyl groups is 1. The molecule has 1 amide bonds. The van der Waals surface area contributed by atoms with Crippen molar-refractivity contribution in [3.63, 3.8) is 0 Å². The Balaban J connectivity index is 2.07. The molecule has 0 saturated carbocycles. The van der Waals surface area contributed by atoms with E-state index in [4.69, 9.17) is 0 Å². The lowest BCUT2D eigenvalue weighted by atomic mass is 9.94. The molecular formula is C20H20N2O3. The lowest BCUT2D eigenvalue weighted by molar-refractivity contribution is -0.130. The van der Waals surface area contributed by atoms with Crippen molar-refractivity contribution in [1.29, 1.82) is 0 Å². The number of benzene rings is 1. The van der Waals surface area contributed by atoms with Crippen molar-refractivity contribution >= 4 is 11.7 Å². The van der Waals surface area contributed by atoms with Gasteiger partial charge in [-0.2, -0.15) is 0 Å². The first-order valence-corrected chi connectivity index (χ1v) is 8.25. The van der Waals surface area contributed by atoms with Crippen molar-refractivity contribution in [2.75, 3.05) is 0 Å². The Morgan fingerprint density at radius 1 is 1.28 bits per heavy atom. The van der Waals surface area contributed by atoms with Gasteiger partial charge in [-0.25, -0.2) is 0 Å². The molecular weight excluding hydrogens is 316 g/mol. The van der Waals surface area contributed by atoms with Crippen LogP contribution in [0.2, 0.25) is 0 Å². The molecule has 3 rings (SSSR count). The van der Waals surface area contributed by atoms with Crippen LogP contribution in [0.4, 0.5) is 0 Å². The fourth-order valence-corrected chi connectivity index (χ4v) is 3.17. The average Bonchev–Trinajstić information content (AvgIpc) is 2.87. The number of carbonyl (C=O) groups is 2. The number of aliphatic hydroxyl groups excluding tert-OH is 1. The van der Waals surface area contributed by atoms with E-state index < -0.39 is 17.7 Å². The molecule has 1 N–H and O–H groups in total. The molecule has 5 heteroatoms. The molecule has 1 atom stereocenters. The first-order chi connectivity index (χ1) is 12.0. The molecule has 0 bridgehead atoms. The maximum absolute atomic E-state index is 12.7. The molecule has 1 aliphatic rings. The fourth-order valence-electron chi connectivity index (χ4n) is 3.17. The summed E-state index contributed by atoms with van der Waals surface area (Å²) >= 11 is 0. The van der Waals surface area contributed by atoms with E-state index in [0.717, 1.165) is 16.7 Å². The first-order valence-electron chi connectivity index (χ1n) is 8.25. The number of Topliss-reactive ketones (excluding diaryl/α,β-unsaturated/α-hetero) is 1. The van der Waals surface area contributed by atoms with Crippen LogP contribution in [-0.4, -0.2) is 26.7 Å². The van der Waals surface area contributed by atoms with E-state index in [0.29, 0.717) is 0 Å². The van der Waals surface area contributed by atoms with E-state index >= 15 is 0 Å². The molecule has 1 aliphatic heterocycles. The van der Waals surface area contributed by atoms with E-state index in [2.05, 4.69) is 4.98 Å². The molecule has 2 aromatic rings. The molecule has 2 heterocycles. The summed E-state index contributed by atoms with van der Waals surface area (Å²) in [6, 6.07) is 10.7. The number of carbonyl (C=O) groups excluding carboxylic acids is 2. The Hall–Kier alpha value is -2.95. The van der Waals surface area contributed by atoms with Crippen molar-refractivity contribution in [3.8, 4) is 0 Å². The van der Waals surface area contributed by atoms with Crippen LogP contribution in [0.5, 0.6) is 0 Å². The van der Waals surface area contributed by atoms with E-state index in [1.54, 1.807) is 25.4 Å². The van der Waals surface area contributed by atoms with Crippen LogP contribution in [0.15, 0.2) is 60.1 Å². The van der Waals surface area contributed by atoms with Crippen molar-refractivity contribution < 1.29 is 14.7 Å². The standard InChI is InChI=1S/C20H20N2O3/c1-3-16(23)17-18(15-8-4-6-13(2)10-15)22(20(25)19(17)24)12-14-7-5-9-21-11-14/h4-11,18,24H,3,12H2,1-2H3. The number of nitrogens with zero attached hydrogens (tertiary/aromatic N) is 2. The summed E-state index contributed by atoms with van der Waals surface area (Å²) in [4.78, 5) is 30.7. The number of ketones is 1. The monoisotopic (exact) mass is 336 g/mol. The zero-order valence-corrected chi connectivity index (χ0v) is 14.3. The minimum Gasteiger partial charge on any atom is -0.503 e. The van der Waals surface area contributed by atoms with Crippen LogP contribution in [0.3, 0.4) is 0 Å². The smallest absolute Gasteiger partial charge is 0.290 e. The molecule has 0 aliphatic carbocycles. The molecule has 1 unspecified atom stereocenters. The lowest BCUT2D eigenvalue weighted by Gasteiger charge is -2.27. The minimum absolute atomic E-state index is 0.182. The Bertz CT molecular complexity index is 843. The summed E-state index contributed by atoms with van der Waals surface area (Å²) in [5.41, 5.74) is 2.87. The third-order valence-electron chi connectivity index (χ3n) is 4.36. The molecule has 1 aromatic carbocycles. The second kappa shape index (κ2) is 6.89. The molecule has 5 nitrogen and oxygen atoms in total. The Kier molecular flexibility index (Phi) is 4.65. The van der Waals surface area contributed by atoms with Crippen molar-refractivity contribution in [1.82, 2.24) is 9.88 Å². The van der Waals surface area contributed by atoms with Crippen LogP contribution >= 0.6 is 0 Å². The number of hydrogen-bond donors (Lipinski definition) is 1. The predicted octanol–water partition coefficient (Wildman–Crippen LogP) is 3.26. The summed E-state index contributed by atoms with van der Waals surface area (Å²) in [5, 5.41) is 10.4. The first kappa shape index (κ1) is 16.9. The Morgan fingerprint density at radius 2 is 2.08 bits per heavy atom. The maximum atomic E-state index is 12.7. The highest BCUT2D eigenvalue weighted by Gasteiger charge is 2.42. The van der Waals surface area contributed by atoms with Gasteiger partial charge >= 0.3 is 0 Å². The van der Waals surface area contributed by atoms with Crippen molar-refractivity contribution in [3.05, 3.63) is 76.8 Å². The van der Waals surface area contributed by atoms with Gasteiger partial charge in [0.15, 0.2) is 11.5 Å². The Morgan fingerprint density at radius 3 is 2.72 bits per heavy atom. The third-order valence-corrected chi connectivity index (χ3v) is 4.36. The fraction of sp³-hybridized carbons (Fsp3) is 0.250. The van der Waals surface area contributed by atoms with Gasteiger partial charge in [0.05, 0.1) is 11.6 Å². The van der Waals surface area contributed by atoms with Gasteiger partial charge in [0.1, 0.15) is 0 Å². The Labute approximate surface area is 146 Å². The highest BCUT2D eigenvalue weighted by atomic mass is 16.3. The summed E-state index contributed by atoms with van der Waals surface area (Å²) in [6.45, 7) is 3.95. The summed E-state index contributed by atoms with van der Waals surface area (Å²) in [5.74, 6) is -1.18. The average molecular weight is 336 g/mol. The van der Waals surface area contributed by atoms with Crippen LogP contribution < -0.4 is 0 Å². The zero-order chi connectivity index (χ0) is 18.0. The van der Waals surface area contributed by atoms with Gasteiger partial charge < -0.3 is 10.0 Å².